The minimum atomic E-state index is -0.498. The zero-order valence-corrected chi connectivity index (χ0v) is 27.0. The van der Waals surface area contributed by atoms with Gasteiger partial charge < -0.3 is 35.0 Å². The van der Waals surface area contributed by atoms with Crippen LogP contribution in [-0.2, 0) is 16.0 Å². The minimum Gasteiger partial charge on any atom is -0.490 e. The van der Waals surface area contributed by atoms with Crippen molar-refractivity contribution < 1.29 is 29.0 Å². The molecule has 2 aromatic rings. The Morgan fingerprint density at radius 1 is 1.09 bits per heavy atom. The van der Waals surface area contributed by atoms with Gasteiger partial charge in [0.05, 0.1) is 36.8 Å². The molecule has 0 spiro atoms. The van der Waals surface area contributed by atoms with Crippen molar-refractivity contribution in [2.45, 2.75) is 84.6 Å². The van der Waals surface area contributed by atoms with Gasteiger partial charge in [-0.15, -0.1) is 0 Å². The summed E-state index contributed by atoms with van der Waals surface area (Å²) in [6.07, 6.45) is 2.17. The molecule has 10 heteroatoms. The van der Waals surface area contributed by atoms with Gasteiger partial charge in [0.2, 0.25) is 5.91 Å². The van der Waals surface area contributed by atoms with Crippen molar-refractivity contribution in [3.05, 3.63) is 59.7 Å². The molecule has 1 heterocycles. The summed E-state index contributed by atoms with van der Waals surface area (Å²) >= 11 is 0. The highest BCUT2D eigenvalue weighted by molar-refractivity contribution is 6.00. The van der Waals surface area contributed by atoms with Gasteiger partial charge in [0.1, 0.15) is 5.75 Å². The molecular weight excluding hydrogens is 560 g/mol. The van der Waals surface area contributed by atoms with E-state index in [0.717, 1.165) is 24.8 Å². The molecule has 0 saturated carbocycles. The lowest BCUT2D eigenvalue weighted by Gasteiger charge is -2.36. The highest BCUT2D eigenvalue weighted by atomic mass is 16.5. The van der Waals surface area contributed by atoms with Gasteiger partial charge in [-0.2, -0.15) is 0 Å². The van der Waals surface area contributed by atoms with Crippen LogP contribution in [0.1, 0.15) is 69.8 Å². The number of likely N-dealkylation sites (N-methyl/N-ethyl adjacent to an activating group) is 1. The third-order valence-electron chi connectivity index (χ3n) is 7.76. The number of fused-ring (bicyclic) bond motifs is 1. The minimum absolute atomic E-state index is 0.00286. The number of benzene rings is 2. The first-order chi connectivity index (χ1) is 21.0. The molecule has 0 aliphatic carbocycles. The van der Waals surface area contributed by atoms with Crippen LogP contribution in [0, 0.1) is 5.92 Å². The number of hydrogen-bond donors (Lipinski definition) is 3. The maximum absolute atomic E-state index is 14.3. The molecule has 1 aliphatic heterocycles. The Morgan fingerprint density at radius 2 is 1.82 bits per heavy atom. The Balaban J connectivity index is 1.91. The maximum atomic E-state index is 14.3. The van der Waals surface area contributed by atoms with Crippen LogP contribution in [0.15, 0.2) is 48.5 Å². The molecule has 0 fully saturated rings. The third kappa shape index (κ3) is 10.5. The molecular formula is C34H50N4O6. The molecule has 3 rings (SSSR count). The van der Waals surface area contributed by atoms with E-state index in [1.807, 2.05) is 58.0 Å². The standard InChI is InChI=1S/C34H50N4O6/c1-23(2)35-34(42)37(6)21-31-24(3)20-38(25(4)22-39)33(41)29-19-28(36-32(40)18-27-13-8-7-9-14-27)15-16-30(29)44-26(5)12-10-11-17-43-31/h7-9,13-16,19,23-26,31,39H,10-12,17-18,20-22H2,1-6H3,(H,35,42)(H,36,40)/t24-,25+,26-,31+/m1/s1. The first-order valence-corrected chi connectivity index (χ1v) is 15.7. The van der Waals surface area contributed by atoms with E-state index in [1.54, 1.807) is 42.0 Å². The summed E-state index contributed by atoms with van der Waals surface area (Å²) in [5.41, 5.74) is 1.68. The smallest absolute Gasteiger partial charge is 0.317 e. The molecule has 0 unspecified atom stereocenters. The van der Waals surface area contributed by atoms with E-state index < -0.39 is 6.04 Å². The quantitative estimate of drug-likeness (QED) is 0.398. The van der Waals surface area contributed by atoms with Crippen molar-refractivity contribution in [3.8, 4) is 5.75 Å². The number of carbonyl (C=O) groups excluding carboxylic acids is 3. The molecule has 44 heavy (non-hydrogen) atoms. The van der Waals surface area contributed by atoms with E-state index >= 15 is 0 Å². The summed E-state index contributed by atoms with van der Waals surface area (Å²) in [7, 11) is 1.74. The topological polar surface area (TPSA) is 120 Å². The molecule has 3 N–H and O–H groups in total. The molecule has 4 atom stereocenters. The van der Waals surface area contributed by atoms with Crippen LogP contribution in [0.25, 0.3) is 0 Å². The Bertz CT molecular complexity index is 1220. The van der Waals surface area contributed by atoms with E-state index in [0.29, 0.717) is 30.2 Å². The highest BCUT2D eigenvalue weighted by Gasteiger charge is 2.31. The van der Waals surface area contributed by atoms with Gasteiger partial charge in [0, 0.05) is 44.4 Å². The third-order valence-corrected chi connectivity index (χ3v) is 7.76. The predicted octanol–water partition coefficient (Wildman–Crippen LogP) is 4.71. The number of carbonyl (C=O) groups is 3. The Labute approximate surface area is 262 Å². The van der Waals surface area contributed by atoms with E-state index in [4.69, 9.17) is 9.47 Å². The molecule has 0 saturated heterocycles. The maximum Gasteiger partial charge on any atom is 0.317 e. The predicted molar refractivity (Wildman–Crippen MR) is 172 cm³/mol. The number of urea groups is 1. The van der Waals surface area contributed by atoms with Crippen LogP contribution >= 0.6 is 0 Å². The van der Waals surface area contributed by atoms with Crippen LogP contribution in [0.5, 0.6) is 5.75 Å². The van der Waals surface area contributed by atoms with Crippen LogP contribution in [0.3, 0.4) is 0 Å². The van der Waals surface area contributed by atoms with Crippen molar-refractivity contribution in [3.63, 3.8) is 0 Å². The number of ether oxygens (including phenoxy) is 2. The number of hydrogen-bond acceptors (Lipinski definition) is 6. The second kappa shape index (κ2) is 17.0. The number of aliphatic hydroxyl groups is 1. The van der Waals surface area contributed by atoms with Gasteiger partial charge in [-0.1, -0.05) is 37.3 Å². The number of nitrogens with zero attached hydrogens (tertiary/aromatic N) is 2. The van der Waals surface area contributed by atoms with Crippen molar-refractivity contribution >= 4 is 23.5 Å². The van der Waals surface area contributed by atoms with Gasteiger partial charge in [-0.05, 0) is 70.7 Å². The summed E-state index contributed by atoms with van der Waals surface area (Å²) in [4.78, 5) is 43.0. The van der Waals surface area contributed by atoms with Crippen molar-refractivity contribution in [2.24, 2.45) is 5.92 Å². The molecule has 0 aromatic heterocycles. The average molecular weight is 611 g/mol. The van der Waals surface area contributed by atoms with Gasteiger partial charge in [0.25, 0.3) is 5.91 Å². The van der Waals surface area contributed by atoms with E-state index in [9.17, 15) is 19.5 Å². The first-order valence-electron chi connectivity index (χ1n) is 15.7. The zero-order valence-electron chi connectivity index (χ0n) is 27.0. The number of anilines is 1. The molecule has 0 bridgehead atoms. The molecule has 0 radical (unpaired) electrons. The van der Waals surface area contributed by atoms with E-state index in [-0.39, 0.29) is 61.6 Å². The number of rotatable bonds is 8. The second-order valence-corrected chi connectivity index (χ2v) is 12.2. The van der Waals surface area contributed by atoms with Gasteiger partial charge in [-0.3, -0.25) is 9.59 Å². The van der Waals surface area contributed by atoms with Gasteiger partial charge in [-0.25, -0.2) is 4.79 Å². The SMILES string of the molecule is CC(C)NC(=O)N(C)C[C@@H]1OCCCC[C@@H](C)Oc2ccc(NC(=O)Cc3ccccc3)cc2C(=O)N([C@@H](C)CO)C[C@H]1C. The number of aliphatic hydroxyl groups excluding tert-OH is 1. The Hall–Kier alpha value is -3.63. The lowest BCUT2D eigenvalue weighted by atomic mass is 10.0. The monoisotopic (exact) mass is 610 g/mol. The molecule has 1 aliphatic rings. The normalized spacial score (nSPS) is 20.6. The molecule has 2 aromatic carbocycles. The van der Waals surface area contributed by atoms with Crippen molar-refractivity contribution in [1.82, 2.24) is 15.1 Å². The lowest BCUT2D eigenvalue weighted by molar-refractivity contribution is -0.115. The summed E-state index contributed by atoms with van der Waals surface area (Å²) in [6.45, 7) is 10.5. The van der Waals surface area contributed by atoms with Crippen molar-refractivity contribution in [1.29, 1.82) is 0 Å². The van der Waals surface area contributed by atoms with Gasteiger partial charge in [0.15, 0.2) is 0 Å². The second-order valence-electron chi connectivity index (χ2n) is 12.2. The van der Waals surface area contributed by atoms with Crippen LogP contribution in [0.4, 0.5) is 10.5 Å². The number of amides is 4. The summed E-state index contributed by atoms with van der Waals surface area (Å²) in [5.74, 6) is -0.247. The fourth-order valence-corrected chi connectivity index (χ4v) is 5.16. The Kier molecular flexibility index (Phi) is 13.5. The van der Waals surface area contributed by atoms with Crippen LogP contribution < -0.4 is 15.4 Å². The highest BCUT2D eigenvalue weighted by Crippen LogP contribution is 2.28. The summed E-state index contributed by atoms with van der Waals surface area (Å²) < 4.78 is 12.6. The molecule has 10 nitrogen and oxygen atoms in total. The first kappa shape index (κ1) is 34.9. The van der Waals surface area contributed by atoms with Crippen LogP contribution in [-0.4, -0.2) is 90.4 Å². The lowest BCUT2D eigenvalue weighted by Crippen LogP contribution is -2.49. The largest absolute Gasteiger partial charge is 0.490 e. The Morgan fingerprint density at radius 3 is 2.50 bits per heavy atom. The van der Waals surface area contributed by atoms with Crippen LogP contribution in [0.2, 0.25) is 0 Å². The zero-order chi connectivity index (χ0) is 32.2. The summed E-state index contributed by atoms with van der Waals surface area (Å²) in [5, 5.41) is 16.0. The van der Waals surface area contributed by atoms with E-state index in [1.165, 1.54) is 0 Å². The summed E-state index contributed by atoms with van der Waals surface area (Å²) in [6, 6.07) is 13.9. The molecule has 242 valence electrons. The van der Waals surface area contributed by atoms with Gasteiger partial charge >= 0.3 is 6.03 Å². The average Bonchev–Trinajstić information content (AvgIpc) is 2.98. The molecule has 4 amide bonds. The van der Waals surface area contributed by atoms with E-state index in [2.05, 4.69) is 10.6 Å². The van der Waals surface area contributed by atoms with Crippen molar-refractivity contribution in [2.75, 3.05) is 38.7 Å². The number of nitrogens with one attached hydrogen (secondary N) is 2. The fraction of sp³-hybridized carbons (Fsp3) is 0.559. The fourth-order valence-electron chi connectivity index (χ4n) is 5.16.